The molecule has 0 spiro atoms. The number of halogens is 2. The second-order valence-electron chi connectivity index (χ2n) is 3.48. The number of nitrogens with two attached hydrogens (primary N) is 2. The van der Waals surface area contributed by atoms with E-state index in [4.69, 9.17) is 34.7 Å². The van der Waals surface area contributed by atoms with Gasteiger partial charge in [-0.25, -0.2) is 0 Å². The predicted molar refractivity (Wildman–Crippen MR) is 72.4 cm³/mol. The number of aromatic nitrogens is 4. The lowest BCUT2D eigenvalue weighted by atomic mass is 10.3. The number of rotatable bonds is 0. The topological polar surface area (TPSA) is 104 Å². The van der Waals surface area contributed by atoms with Crippen LogP contribution in [0.3, 0.4) is 0 Å². The summed E-state index contributed by atoms with van der Waals surface area (Å²) in [5.74, 6) is 0.830. The van der Waals surface area contributed by atoms with E-state index in [-0.39, 0.29) is 0 Å². The first kappa shape index (κ1) is 14.4. The Hall–Kier alpha value is -1.66. The first-order chi connectivity index (χ1) is 8.40. The minimum atomic E-state index is 0.377. The summed E-state index contributed by atoms with van der Waals surface area (Å²) >= 11 is 11.0. The summed E-state index contributed by atoms with van der Waals surface area (Å²) < 4.78 is 0. The maximum Gasteiger partial charge on any atom is 0.154 e. The highest BCUT2D eigenvalue weighted by Gasteiger charge is 1.95. The monoisotopic (exact) mass is 286 g/mol. The first-order valence-electron chi connectivity index (χ1n) is 4.90. The molecular weight excluding hydrogens is 275 g/mol. The van der Waals surface area contributed by atoms with Crippen molar-refractivity contribution >= 4 is 34.8 Å². The zero-order valence-electron chi connectivity index (χ0n) is 9.85. The summed E-state index contributed by atoms with van der Waals surface area (Å²) in [5.41, 5.74) is 12.4. The molecule has 0 atom stereocenters. The third-order valence-electron chi connectivity index (χ3n) is 1.94. The predicted octanol–water partition coefficient (Wildman–Crippen LogP) is 2.04. The maximum absolute atomic E-state index is 5.55. The molecule has 2 heterocycles. The number of anilines is 2. The molecule has 2 aromatic rings. The SMILES string of the molecule is Cc1cc(Cl)nnc1N.Cc1cc(N)nnc1Cl. The molecule has 2 rings (SSSR count). The van der Waals surface area contributed by atoms with Crippen molar-refractivity contribution in [1.82, 2.24) is 20.4 Å². The van der Waals surface area contributed by atoms with E-state index >= 15 is 0 Å². The molecule has 0 fully saturated rings. The van der Waals surface area contributed by atoms with Crippen LogP contribution in [0.5, 0.6) is 0 Å². The van der Waals surface area contributed by atoms with Crippen molar-refractivity contribution in [3.8, 4) is 0 Å². The van der Waals surface area contributed by atoms with Gasteiger partial charge < -0.3 is 11.5 Å². The molecule has 6 nitrogen and oxygen atoms in total. The van der Waals surface area contributed by atoms with Gasteiger partial charge in [0, 0.05) is 0 Å². The smallest absolute Gasteiger partial charge is 0.154 e. The fourth-order valence-electron chi connectivity index (χ4n) is 0.953. The summed E-state index contributed by atoms with van der Waals surface area (Å²) in [6, 6.07) is 3.35. The molecule has 0 unspecified atom stereocenters. The lowest BCUT2D eigenvalue weighted by Gasteiger charge is -1.94. The fraction of sp³-hybridized carbons (Fsp3) is 0.200. The standard InChI is InChI=1S/2C5H6ClN3/c1-3-2-4(7)8-9-5(3)6;1-3-2-4(6)8-9-5(3)7/h2H,1H3,(H2,7,8);2H,1H3,(H2,7,9). The van der Waals surface area contributed by atoms with Gasteiger partial charge in [0.1, 0.15) is 11.6 Å². The van der Waals surface area contributed by atoms with Crippen molar-refractivity contribution in [2.75, 3.05) is 11.5 Å². The number of hydrogen-bond donors (Lipinski definition) is 2. The van der Waals surface area contributed by atoms with Crippen molar-refractivity contribution in [2.45, 2.75) is 13.8 Å². The highest BCUT2D eigenvalue weighted by molar-refractivity contribution is 6.30. The Bertz CT molecular complexity index is 496. The molecule has 0 aromatic carbocycles. The van der Waals surface area contributed by atoms with Crippen molar-refractivity contribution in [3.63, 3.8) is 0 Å². The summed E-state index contributed by atoms with van der Waals surface area (Å²) in [6.45, 7) is 3.66. The van der Waals surface area contributed by atoms with Gasteiger partial charge in [-0.2, -0.15) is 0 Å². The Morgan fingerprint density at radius 2 is 1.56 bits per heavy atom. The number of nitrogen functional groups attached to an aromatic ring is 2. The minimum absolute atomic E-state index is 0.377. The van der Waals surface area contributed by atoms with Gasteiger partial charge >= 0.3 is 0 Å². The van der Waals surface area contributed by atoms with Gasteiger partial charge in [-0.15, -0.1) is 20.4 Å². The van der Waals surface area contributed by atoms with Crippen LogP contribution in [-0.2, 0) is 0 Å². The molecule has 0 bridgehead atoms. The lowest BCUT2D eigenvalue weighted by Crippen LogP contribution is -1.95. The number of aryl methyl sites for hydroxylation is 2. The molecule has 0 saturated heterocycles. The first-order valence-corrected chi connectivity index (χ1v) is 5.66. The van der Waals surface area contributed by atoms with Crippen molar-refractivity contribution in [3.05, 3.63) is 33.6 Å². The van der Waals surface area contributed by atoms with Gasteiger partial charge in [-0.3, -0.25) is 0 Å². The van der Waals surface area contributed by atoms with Crippen LogP contribution >= 0.6 is 23.2 Å². The van der Waals surface area contributed by atoms with E-state index in [1.807, 2.05) is 13.8 Å². The summed E-state index contributed by atoms with van der Waals surface area (Å²) in [5, 5.41) is 15.0. The zero-order chi connectivity index (χ0) is 13.7. The average molecular weight is 287 g/mol. The second kappa shape index (κ2) is 6.32. The van der Waals surface area contributed by atoms with Crippen molar-refractivity contribution < 1.29 is 0 Å². The Balaban J connectivity index is 0.000000180. The van der Waals surface area contributed by atoms with E-state index < -0.39 is 0 Å². The molecule has 18 heavy (non-hydrogen) atoms. The zero-order valence-corrected chi connectivity index (χ0v) is 11.4. The Morgan fingerprint density at radius 1 is 0.889 bits per heavy atom. The quantitative estimate of drug-likeness (QED) is 0.768. The van der Waals surface area contributed by atoms with Crippen LogP contribution in [0.25, 0.3) is 0 Å². The summed E-state index contributed by atoms with van der Waals surface area (Å²) in [4.78, 5) is 0. The molecular formula is C10H12Cl2N6. The second-order valence-corrected chi connectivity index (χ2v) is 4.22. The van der Waals surface area contributed by atoms with Crippen molar-refractivity contribution in [2.24, 2.45) is 0 Å². The van der Waals surface area contributed by atoms with Gasteiger partial charge in [0.05, 0.1) is 0 Å². The largest absolute Gasteiger partial charge is 0.382 e. The molecule has 0 aliphatic carbocycles. The summed E-state index contributed by atoms with van der Waals surface area (Å²) in [6.07, 6.45) is 0. The molecule has 0 saturated carbocycles. The average Bonchev–Trinajstić information content (AvgIpc) is 2.30. The van der Waals surface area contributed by atoms with E-state index in [0.29, 0.717) is 21.9 Å². The van der Waals surface area contributed by atoms with Gasteiger partial charge in [0.2, 0.25) is 0 Å². The van der Waals surface area contributed by atoms with E-state index in [9.17, 15) is 0 Å². The molecule has 4 N–H and O–H groups in total. The van der Waals surface area contributed by atoms with Gasteiger partial charge in [-0.1, -0.05) is 23.2 Å². The van der Waals surface area contributed by atoms with Crippen molar-refractivity contribution in [1.29, 1.82) is 0 Å². The van der Waals surface area contributed by atoms with Crippen LogP contribution in [-0.4, -0.2) is 20.4 Å². The molecule has 8 heteroatoms. The Labute approximate surface area is 114 Å². The lowest BCUT2D eigenvalue weighted by molar-refractivity contribution is 1.03. The van der Waals surface area contributed by atoms with Crippen LogP contribution in [0, 0.1) is 13.8 Å². The highest BCUT2D eigenvalue weighted by atomic mass is 35.5. The third-order valence-corrected chi connectivity index (χ3v) is 2.49. The van der Waals surface area contributed by atoms with E-state index in [1.165, 1.54) is 0 Å². The van der Waals surface area contributed by atoms with Crippen LogP contribution in [0.2, 0.25) is 10.3 Å². The van der Waals surface area contributed by atoms with E-state index in [1.54, 1.807) is 12.1 Å². The third kappa shape index (κ3) is 4.31. The van der Waals surface area contributed by atoms with Gasteiger partial charge in [-0.05, 0) is 37.1 Å². The normalized spacial score (nSPS) is 9.56. The van der Waals surface area contributed by atoms with E-state index in [2.05, 4.69) is 20.4 Å². The van der Waals surface area contributed by atoms with E-state index in [0.717, 1.165) is 11.1 Å². The molecule has 0 radical (unpaired) electrons. The van der Waals surface area contributed by atoms with Gasteiger partial charge in [0.15, 0.2) is 10.3 Å². The van der Waals surface area contributed by atoms with Crippen LogP contribution in [0.4, 0.5) is 11.6 Å². The van der Waals surface area contributed by atoms with Gasteiger partial charge in [0.25, 0.3) is 0 Å². The number of nitrogens with zero attached hydrogens (tertiary/aromatic N) is 4. The van der Waals surface area contributed by atoms with Crippen LogP contribution in [0.15, 0.2) is 12.1 Å². The molecule has 2 aromatic heterocycles. The number of hydrogen-bond acceptors (Lipinski definition) is 6. The van der Waals surface area contributed by atoms with Crippen LogP contribution in [0.1, 0.15) is 11.1 Å². The molecule has 0 amide bonds. The molecule has 0 aliphatic heterocycles. The molecule has 0 aliphatic rings. The van der Waals surface area contributed by atoms with Crippen LogP contribution < -0.4 is 11.5 Å². The Morgan fingerprint density at radius 3 is 2.00 bits per heavy atom. The fourth-order valence-corrected chi connectivity index (χ4v) is 1.25. The molecule has 96 valence electrons. The maximum atomic E-state index is 5.55. The highest BCUT2D eigenvalue weighted by Crippen LogP contribution is 2.10. The minimum Gasteiger partial charge on any atom is -0.382 e. The summed E-state index contributed by atoms with van der Waals surface area (Å²) in [7, 11) is 0. The Kier molecular flexibility index (Phi) is 5.06.